The number of hydrogen-bond acceptors (Lipinski definition) is 4. The van der Waals surface area contributed by atoms with E-state index < -0.39 is 0 Å². The van der Waals surface area contributed by atoms with Gasteiger partial charge in [0.2, 0.25) is 0 Å². The molecule has 1 aromatic heterocycles. The SMILES string of the molecule is COCc1nn(C(N)=S)c2c1CCN2. The van der Waals surface area contributed by atoms with E-state index in [-0.39, 0.29) is 5.11 Å². The van der Waals surface area contributed by atoms with Crippen molar-refractivity contribution < 1.29 is 4.74 Å². The average molecular weight is 212 g/mol. The first kappa shape index (κ1) is 9.42. The second kappa shape index (κ2) is 3.55. The van der Waals surface area contributed by atoms with Gasteiger partial charge in [-0.3, -0.25) is 0 Å². The van der Waals surface area contributed by atoms with Crippen LogP contribution in [-0.4, -0.2) is 28.5 Å². The summed E-state index contributed by atoms with van der Waals surface area (Å²) in [5.41, 5.74) is 7.63. The highest BCUT2D eigenvalue weighted by atomic mass is 32.1. The van der Waals surface area contributed by atoms with Crippen molar-refractivity contribution in [3.05, 3.63) is 11.3 Å². The molecule has 1 aliphatic heterocycles. The lowest BCUT2D eigenvalue weighted by Crippen LogP contribution is -2.22. The zero-order valence-electron chi connectivity index (χ0n) is 7.91. The number of nitrogens with one attached hydrogen (secondary N) is 1. The molecule has 2 rings (SSSR count). The van der Waals surface area contributed by atoms with Crippen LogP contribution in [0.5, 0.6) is 0 Å². The first-order valence-electron chi connectivity index (χ1n) is 4.37. The molecule has 0 unspecified atom stereocenters. The highest BCUT2D eigenvalue weighted by molar-refractivity contribution is 7.80. The van der Waals surface area contributed by atoms with Crippen molar-refractivity contribution >= 4 is 23.1 Å². The van der Waals surface area contributed by atoms with Crippen LogP contribution < -0.4 is 11.1 Å². The number of ether oxygens (including phenoxy) is 1. The molecule has 0 radical (unpaired) electrons. The van der Waals surface area contributed by atoms with Crippen LogP contribution in [0.15, 0.2) is 0 Å². The number of nitrogens with two attached hydrogens (primary N) is 1. The van der Waals surface area contributed by atoms with Gasteiger partial charge in [0.25, 0.3) is 0 Å². The van der Waals surface area contributed by atoms with Crippen molar-refractivity contribution in [3.8, 4) is 0 Å². The number of aromatic nitrogens is 2. The van der Waals surface area contributed by atoms with E-state index in [4.69, 9.17) is 22.7 Å². The van der Waals surface area contributed by atoms with E-state index in [1.807, 2.05) is 0 Å². The molecule has 1 aromatic rings. The third-order valence-corrected chi connectivity index (χ3v) is 2.40. The molecular formula is C8H12N4OS. The molecule has 14 heavy (non-hydrogen) atoms. The second-order valence-electron chi connectivity index (χ2n) is 3.13. The number of methoxy groups -OCH3 is 1. The van der Waals surface area contributed by atoms with Crippen molar-refractivity contribution in [3.63, 3.8) is 0 Å². The van der Waals surface area contributed by atoms with Crippen LogP contribution in [0.25, 0.3) is 0 Å². The molecule has 1 aliphatic rings. The van der Waals surface area contributed by atoms with Gasteiger partial charge in [-0.15, -0.1) is 0 Å². The third kappa shape index (κ3) is 1.36. The zero-order valence-corrected chi connectivity index (χ0v) is 8.73. The van der Waals surface area contributed by atoms with Gasteiger partial charge in [-0.2, -0.15) is 9.78 Å². The quantitative estimate of drug-likeness (QED) is 0.680. The van der Waals surface area contributed by atoms with Crippen molar-refractivity contribution in [1.82, 2.24) is 9.78 Å². The van der Waals surface area contributed by atoms with Crippen LogP contribution in [0.2, 0.25) is 0 Å². The van der Waals surface area contributed by atoms with Crippen LogP contribution >= 0.6 is 12.2 Å². The molecular weight excluding hydrogens is 200 g/mol. The predicted molar refractivity (Wildman–Crippen MR) is 57.3 cm³/mol. The summed E-state index contributed by atoms with van der Waals surface area (Å²) in [4.78, 5) is 0. The third-order valence-electron chi connectivity index (χ3n) is 2.22. The number of thiocarbonyl (C=S) groups is 1. The summed E-state index contributed by atoms with van der Waals surface area (Å²) in [5, 5.41) is 7.75. The van der Waals surface area contributed by atoms with Gasteiger partial charge in [-0.1, -0.05) is 0 Å². The number of anilines is 1. The van der Waals surface area contributed by atoms with Crippen molar-refractivity contribution in [1.29, 1.82) is 0 Å². The smallest absolute Gasteiger partial charge is 0.193 e. The highest BCUT2D eigenvalue weighted by Gasteiger charge is 2.22. The Hall–Kier alpha value is -1.14. The maximum Gasteiger partial charge on any atom is 0.193 e. The molecule has 0 saturated heterocycles. The fourth-order valence-electron chi connectivity index (χ4n) is 1.66. The van der Waals surface area contributed by atoms with Gasteiger partial charge in [-0.05, 0) is 18.6 Å². The van der Waals surface area contributed by atoms with Crippen LogP contribution in [0.1, 0.15) is 11.3 Å². The van der Waals surface area contributed by atoms with E-state index in [1.54, 1.807) is 11.8 Å². The van der Waals surface area contributed by atoms with Crippen molar-refractivity contribution in [2.75, 3.05) is 19.0 Å². The molecule has 76 valence electrons. The van der Waals surface area contributed by atoms with E-state index in [9.17, 15) is 0 Å². The topological polar surface area (TPSA) is 65.1 Å². The van der Waals surface area contributed by atoms with E-state index in [0.717, 1.165) is 24.5 Å². The molecule has 6 heteroatoms. The first-order valence-corrected chi connectivity index (χ1v) is 4.78. The minimum atomic E-state index is 0.262. The van der Waals surface area contributed by atoms with E-state index in [1.165, 1.54) is 5.56 Å². The van der Waals surface area contributed by atoms with Crippen molar-refractivity contribution in [2.24, 2.45) is 5.73 Å². The molecule has 0 aliphatic carbocycles. The summed E-state index contributed by atoms with van der Waals surface area (Å²) in [6.07, 6.45) is 0.955. The van der Waals surface area contributed by atoms with Gasteiger partial charge in [0.05, 0.1) is 12.3 Å². The summed E-state index contributed by atoms with van der Waals surface area (Å²) in [6, 6.07) is 0. The highest BCUT2D eigenvalue weighted by Crippen LogP contribution is 2.25. The van der Waals surface area contributed by atoms with Gasteiger partial charge < -0.3 is 15.8 Å². The molecule has 0 bridgehead atoms. The Morgan fingerprint density at radius 1 is 1.79 bits per heavy atom. The van der Waals surface area contributed by atoms with Crippen LogP contribution in [0.3, 0.4) is 0 Å². The van der Waals surface area contributed by atoms with Gasteiger partial charge in [0, 0.05) is 19.2 Å². The van der Waals surface area contributed by atoms with Crippen molar-refractivity contribution in [2.45, 2.75) is 13.0 Å². The summed E-state index contributed by atoms with van der Waals surface area (Å²) in [7, 11) is 1.65. The van der Waals surface area contributed by atoms with Crippen LogP contribution in [0.4, 0.5) is 5.82 Å². The fourth-order valence-corrected chi connectivity index (χ4v) is 1.79. The minimum Gasteiger partial charge on any atom is -0.378 e. The van der Waals surface area contributed by atoms with Gasteiger partial charge in [-0.25, -0.2) is 0 Å². The fraction of sp³-hybridized carbons (Fsp3) is 0.500. The Morgan fingerprint density at radius 2 is 2.57 bits per heavy atom. The number of nitrogens with zero attached hydrogens (tertiary/aromatic N) is 2. The number of hydrogen-bond donors (Lipinski definition) is 2. The van der Waals surface area contributed by atoms with Gasteiger partial charge in [0.15, 0.2) is 5.11 Å². The van der Waals surface area contributed by atoms with Crippen LogP contribution in [0, 0.1) is 0 Å². The molecule has 3 N–H and O–H groups in total. The standard InChI is InChI=1S/C8H12N4OS/c1-13-4-6-5-2-3-10-7(5)12(11-6)8(9)14/h10H,2-4H2,1H3,(H2,9,14). The number of fused-ring (bicyclic) bond motifs is 1. The van der Waals surface area contributed by atoms with Crippen LogP contribution in [-0.2, 0) is 17.8 Å². The minimum absolute atomic E-state index is 0.262. The normalized spacial score (nSPS) is 13.8. The number of rotatable bonds is 2. The Morgan fingerprint density at radius 3 is 3.21 bits per heavy atom. The monoisotopic (exact) mass is 212 g/mol. The molecule has 0 saturated carbocycles. The zero-order chi connectivity index (χ0) is 10.1. The molecule has 0 spiro atoms. The molecule has 0 fully saturated rings. The summed E-state index contributed by atoms with van der Waals surface area (Å²) in [6.45, 7) is 1.41. The molecule has 0 atom stereocenters. The van der Waals surface area contributed by atoms with E-state index in [2.05, 4.69) is 10.4 Å². The average Bonchev–Trinajstić information content (AvgIpc) is 2.67. The molecule has 2 heterocycles. The van der Waals surface area contributed by atoms with Gasteiger partial charge >= 0.3 is 0 Å². The Balaban J connectivity index is 2.44. The van der Waals surface area contributed by atoms with E-state index in [0.29, 0.717) is 6.61 Å². The lowest BCUT2D eigenvalue weighted by atomic mass is 10.2. The summed E-state index contributed by atoms with van der Waals surface area (Å²) in [5.74, 6) is 0.921. The Kier molecular flexibility index (Phi) is 2.39. The predicted octanol–water partition coefficient (Wildman–Crippen LogP) is 0.0892. The first-order chi connectivity index (χ1) is 6.74. The Labute approximate surface area is 87.2 Å². The summed E-state index contributed by atoms with van der Waals surface area (Å²) < 4.78 is 6.62. The van der Waals surface area contributed by atoms with E-state index >= 15 is 0 Å². The lowest BCUT2D eigenvalue weighted by Gasteiger charge is -2.01. The Bertz CT molecular complexity index is 374. The lowest BCUT2D eigenvalue weighted by molar-refractivity contribution is 0.180. The molecule has 5 nitrogen and oxygen atoms in total. The second-order valence-corrected chi connectivity index (χ2v) is 3.55. The molecule has 0 aromatic carbocycles. The maximum absolute atomic E-state index is 5.55. The van der Waals surface area contributed by atoms with Gasteiger partial charge in [0.1, 0.15) is 5.82 Å². The largest absolute Gasteiger partial charge is 0.378 e. The summed E-state index contributed by atoms with van der Waals surface area (Å²) >= 11 is 4.90. The molecule has 0 amide bonds. The maximum atomic E-state index is 5.55.